The standard InChI is InChI=1S/C15H13F2NO/c1-9-7-8-11(13(17)12(9)16)15(19)14(18)10-5-3-2-4-6-10/h2-8,14H,18H2,1H3. The van der Waals surface area contributed by atoms with E-state index in [1.807, 2.05) is 0 Å². The van der Waals surface area contributed by atoms with E-state index < -0.39 is 23.5 Å². The summed E-state index contributed by atoms with van der Waals surface area (Å²) in [5, 5.41) is 0. The summed E-state index contributed by atoms with van der Waals surface area (Å²) in [6, 6.07) is 10.2. The van der Waals surface area contributed by atoms with Crippen molar-refractivity contribution in [2.45, 2.75) is 13.0 Å². The first-order chi connectivity index (χ1) is 9.02. The quantitative estimate of drug-likeness (QED) is 0.862. The monoisotopic (exact) mass is 261 g/mol. The number of hydrogen-bond donors (Lipinski definition) is 1. The van der Waals surface area contributed by atoms with Crippen LogP contribution in [-0.2, 0) is 0 Å². The fraction of sp³-hybridized carbons (Fsp3) is 0.133. The molecule has 0 bridgehead atoms. The van der Waals surface area contributed by atoms with Crippen LogP contribution < -0.4 is 5.73 Å². The van der Waals surface area contributed by atoms with Crippen molar-refractivity contribution in [1.82, 2.24) is 0 Å². The second-order valence-corrected chi connectivity index (χ2v) is 4.31. The van der Waals surface area contributed by atoms with Crippen LogP contribution in [-0.4, -0.2) is 5.78 Å². The van der Waals surface area contributed by atoms with E-state index in [0.29, 0.717) is 5.56 Å². The van der Waals surface area contributed by atoms with Gasteiger partial charge in [-0.05, 0) is 24.1 Å². The number of ketones is 1. The molecule has 0 spiro atoms. The highest BCUT2D eigenvalue weighted by Gasteiger charge is 2.23. The highest BCUT2D eigenvalue weighted by Crippen LogP contribution is 2.21. The Morgan fingerprint density at radius 3 is 2.32 bits per heavy atom. The SMILES string of the molecule is Cc1ccc(C(=O)C(N)c2ccccc2)c(F)c1F. The van der Waals surface area contributed by atoms with Crippen molar-refractivity contribution in [2.75, 3.05) is 0 Å². The Hall–Kier alpha value is -2.07. The first kappa shape index (κ1) is 13.4. The second kappa shape index (κ2) is 5.28. The van der Waals surface area contributed by atoms with Gasteiger partial charge in [0.1, 0.15) is 0 Å². The van der Waals surface area contributed by atoms with Crippen LogP contribution in [0.4, 0.5) is 8.78 Å². The third-order valence-electron chi connectivity index (χ3n) is 2.98. The van der Waals surface area contributed by atoms with Crippen LogP contribution >= 0.6 is 0 Å². The number of rotatable bonds is 3. The minimum atomic E-state index is -1.14. The molecule has 1 atom stereocenters. The number of halogens is 2. The normalized spacial score (nSPS) is 12.2. The van der Waals surface area contributed by atoms with E-state index in [2.05, 4.69) is 0 Å². The Morgan fingerprint density at radius 2 is 1.68 bits per heavy atom. The van der Waals surface area contributed by atoms with Gasteiger partial charge in [-0.25, -0.2) is 8.78 Å². The van der Waals surface area contributed by atoms with Crippen LogP contribution in [0.2, 0.25) is 0 Å². The molecule has 0 aliphatic heterocycles. The molecule has 0 aliphatic rings. The molecule has 0 aromatic heterocycles. The third kappa shape index (κ3) is 2.53. The molecule has 0 saturated heterocycles. The van der Waals surface area contributed by atoms with Gasteiger partial charge in [-0.1, -0.05) is 36.4 Å². The summed E-state index contributed by atoms with van der Waals surface area (Å²) in [5.74, 6) is -2.79. The average molecular weight is 261 g/mol. The Kier molecular flexibility index (Phi) is 3.71. The van der Waals surface area contributed by atoms with Gasteiger partial charge in [0.15, 0.2) is 17.4 Å². The zero-order chi connectivity index (χ0) is 14.0. The van der Waals surface area contributed by atoms with Crippen LogP contribution in [0, 0.1) is 18.6 Å². The Labute approximate surface area is 109 Å². The summed E-state index contributed by atoms with van der Waals surface area (Å²) >= 11 is 0. The predicted molar refractivity (Wildman–Crippen MR) is 68.8 cm³/mol. The molecule has 4 heteroatoms. The number of hydrogen-bond acceptors (Lipinski definition) is 2. The van der Waals surface area contributed by atoms with E-state index in [0.717, 1.165) is 0 Å². The summed E-state index contributed by atoms with van der Waals surface area (Å²) in [7, 11) is 0. The number of carbonyl (C=O) groups is 1. The van der Waals surface area contributed by atoms with Gasteiger partial charge < -0.3 is 5.73 Å². The second-order valence-electron chi connectivity index (χ2n) is 4.31. The largest absolute Gasteiger partial charge is 0.318 e. The van der Waals surface area contributed by atoms with Crippen molar-refractivity contribution in [3.63, 3.8) is 0 Å². The highest BCUT2D eigenvalue weighted by atomic mass is 19.2. The lowest BCUT2D eigenvalue weighted by molar-refractivity contribution is 0.0956. The molecule has 0 fully saturated rings. The van der Waals surface area contributed by atoms with E-state index in [1.165, 1.54) is 19.1 Å². The number of Topliss-reactive ketones (excluding diaryl/α,β-unsaturated/α-hetero) is 1. The van der Waals surface area contributed by atoms with E-state index >= 15 is 0 Å². The zero-order valence-electron chi connectivity index (χ0n) is 10.4. The fourth-order valence-corrected chi connectivity index (χ4v) is 1.82. The lowest BCUT2D eigenvalue weighted by Gasteiger charge is -2.12. The van der Waals surface area contributed by atoms with Gasteiger partial charge in [-0.15, -0.1) is 0 Å². The Bertz CT molecular complexity index is 611. The predicted octanol–water partition coefficient (Wildman–Crippen LogP) is 3.16. The molecule has 0 aliphatic carbocycles. The molecule has 0 heterocycles. The van der Waals surface area contributed by atoms with Crippen LogP contribution in [0.25, 0.3) is 0 Å². The molecule has 2 N–H and O–H groups in total. The van der Waals surface area contributed by atoms with Crippen molar-refractivity contribution in [1.29, 1.82) is 0 Å². The molecule has 0 saturated carbocycles. The van der Waals surface area contributed by atoms with E-state index in [4.69, 9.17) is 5.73 Å². The molecule has 0 radical (unpaired) electrons. The lowest BCUT2D eigenvalue weighted by Crippen LogP contribution is -2.23. The van der Waals surface area contributed by atoms with Gasteiger partial charge in [0, 0.05) is 0 Å². The molecule has 1 unspecified atom stereocenters. The molecule has 2 aromatic carbocycles. The van der Waals surface area contributed by atoms with Crippen LogP contribution in [0.15, 0.2) is 42.5 Å². The highest BCUT2D eigenvalue weighted by molar-refractivity contribution is 6.00. The molecule has 2 nitrogen and oxygen atoms in total. The summed E-state index contributed by atoms with van der Waals surface area (Å²) in [4.78, 5) is 12.1. The van der Waals surface area contributed by atoms with Crippen molar-refractivity contribution in [2.24, 2.45) is 5.73 Å². The van der Waals surface area contributed by atoms with Crippen molar-refractivity contribution >= 4 is 5.78 Å². The maximum atomic E-state index is 13.7. The molecular formula is C15H13F2NO. The maximum absolute atomic E-state index is 13.7. The topological polar surface area (TPSA) is 43.1 Å². The maximum Gasteiger partial charge on any atom is 0.187 e. The minimum absolute atomic E-state index is 0.155. The Balaban J connectivity index is 2.38. The number of carbonyl (C=O) groups excluding carboxylic acids is 1. The summed E-state index contributed by atoms with van der Waals surface area (Å²) in [6.07, 6.45) is 0. The average Bonchev–Trinajstić information content (AvgIpc) is 2.44. The Morgan fingerprint density at radius 1 is 1.05 bits per heavy atom. The number of benzene rings is 2. The van der Waals surface area contributed by atoms with Gasteiger partial charge in [0.2, 0.25) is 0 Å². The van der Waals surface area contributed by atoms with Gasteiger partial charge in [0.05, 0.1) is 11.6 Å². The smallest absolute Gasteiger partial charge is 0.187 e. The number of aryl methyl sites for hydroxylation is 1. The van der Waals surface area contributed by atoms with Gasteiger partial charge >= 0.3 is 0 Å². The summed E-state index contributed by atoms with van der Waals surface area (Å²) < 4.78 is 27.2. The fourth-order valence-electron chi connectivity index (χ4n) is 1.82. The van der Waals surface area contributed by atoms with Crippen LogP contribution in [0.3, 0.4) is 0 Å². The van der Waals surface area contributed by atoms with Gasteiger partial charge in [-0.2, -0.15) is 0 Å². The zero-order valence-corrected chi connectivity index (χ0v) is 10.4. The van der Waals surface area contributed by atoms with Crippen LogP contribution in [0.1, 0.15) is 27.5 Å². The third-order valence-corrected chi connectivity index (χ3v) is 2.98. The van der Waals surface area contributed by atoms with E-state index in [1.54, 1.807) is 30.3 Å². The molecule has 2 rings (SSSR count). The molecular weight excluding hydrogens is 248 g/mol. The van der Waals surface area contributed by atoms with Crippen molar-refractivity contribution < 1.29 is 13.6 Å². The number of nitrogens with two attached hydrogens (primary N) is 1. The first-order valence-electron chi connectivity index (χ1n) is 5.81. The molecule has 2 aromatic rings. The molecule has 98 valence electrons. The summed E-state index contributed by atoms with van der Waals surface area (Å²) in [5.41, 5.74) is 6.19. The van der Waals surface area contributed by atoms with E-state index in [9.17, 15) is 13.6 Å². The van der Waals surface area contributed by atoms with Crippen molar-refractivity contribution in [3.8, 4) is 0 Å². The molecule has 19 heavy (non-hydrogen) atoms. The lowest BCUT2D eigenvalue weighted by atomic mass is 9.97. The van der Waals surface area contributed by atoms with Gasteiger partial charge in [0.25, 0.3) is 0 Å². The molecule has 0 amide bonds. The van der Waals surface area contributed by atoms with E-state index in [-0.39, 0.29) is 11.1 Å². The minimum Gasteiger partial charge on any atom is -0.318 e. The van der Waals surface area contributed by atoms with Gasteiger partial charge in [-0.3, -0.25) is 4.79 Å². The first-order valence-corrected chi connectivity index (χ1v) is 5.81. The van der Waals surface area contributed by atoms with Crippen LogP contribution in [0.5, 0.6) is 0 Å². The summed E-state index contributed by atoms with van der Waals surface area (Å²) in [6.45, 7) is 1.43. The van der Waals surface area contributed by atoms with Crippen molar-refractivity contribution in [3.05, 3.63) is 70.8 Å².